The number of rotatable bonds is 1. The molecule has 0 spiro atoms. The van der Waals surface area contributed by atoms with Crippen LogP contribution in [0.2, 0.25) is 0 Å². The van der Waals surface area contributed by atoms with Gasteiger partial charge in [-0.15, -0.1) is 0 Å². The van der Waals surface area contributed by atoms with Crippen molar-refractivity contribution in [2.75, 3.05) is 19.0 Å². The van der Waals surface area contributed by atoms with Crippen LogP contribution in [0.1, 0.15) is 5.69 Å². The van der Waals surface area contributed by atoms with Crippen LogP contribution in [-0.2, 0) is 0 Å². The lowest BCUT2D eigenvalue weighted by Crippen LogP contribution is -2.11. The van der Waals surface area contributed by atoms with Gasteiger partial charge in [-0.05, 0) is 19.1 Å². The molecular weight excluding hydrogens is 176 g/mol. The second kappa shape index (κ2) is 3.21. The number of anilines is 1. The summed E-state index contributed by atoms with van der Waals surface area (Å²) in [6.07, 6.45) is 1.55. The van der Waals surface area contributed by atoms with E-state index in [9.17, 15) is 0 Å². The third-order valence-corrected chi connectivity index (χ3v) is 2.04. The molecule has 72 valence electrons. The number of pyridine rings is 1. The normalized spacial score (nSPS) is 10.5. The van der Waals surface area contributed by atoms with Crippen molar-refractivity contribution < 1.29 is 0 Å². The molecule has 0 aliphatic rings. The Hall–Kier alpha value is -1.71. The maximum Gasteiger partial charge on any atom is 0.164 e. The van der Waals surface area contributed by atoms with Crippen molar-refractivity contribution in [3.8, 4) is 0 Å². The predicted octanol–water partition coefficient (Wildman–Crippen LogP) is 1.40. The van der Waals surface area contributed by atoms with E-state index in [1.54, 1.807) is 6.33 Å². The zero-order valence-electron chi connectivity index (χ0n) is 8.52. The van der Waals surface area contributed by atoms with Crippen LogP contribution in [0.25, 0.3) is 11.0 Å². The summed E-state index contributed by atoms with van der Waals surface area (Å²) in [4.78, 5) is 14.6. The predicted molar refractivity (Wildman–Crippen MR) is 56.4 cm³/mol. The van der Waals surface area contributed by atoms with E-state index in [0.717, 1.165) is 22.5 Å². The summed E-state index contributed by atoms with van der Waals surface area (Å²) >= 11 is 0. The summed E-state index contributed by atoms with van der Waals surface area (Å²) < 4.78 is 0. The van der Waals surface area contributed by atoms with Gasteiger partial charge in [0.2, 0.25) is 0 Å². The van der Waals surface area contributed by atoms with Crippen molar-refractivity contribution in [1.82, 2.24) is 15.0 Å². The Morgan fingerprint density at radius 1 is 1.14 bits per heavy atom. The van der Waals surface area contributed by atoms with E-state index in [1.807, 2.05) is 38.1 Å². The Morgan fingerprint density at radius 2 is 1.93 bits per heavy atom. The fraction of sp³-hybridized carbons (Fsp3) is 0.300. The van der Waals surface area contributed by atoms with Crippen molar-refractivity contribution in [2.45, 2.75) is 6.92 Å². The zero-order valence-corrected chi connectivity index (χ0v) is 8.52. The van der Waals surface area contributed by atoms with E-state index < -0.39 is 0 Å². The van der Waals surface area contributed by atoms with E-state index >= 15 is 0 Å². The minimum Gasteiger partial charge on any atom is -0.362 e. The van der Waals surface area contributed by atoms with Gasteiger partial charge in [0.15, 0.2) is 5.65 Å². The second-order valence-corrected chi connectivity index (χ2v) is 3.42. The van der Waals surface area contributed by atoms with Gasteiger partial charge in [0, 0.05) is 19.8 Å². The van der Waals surface area contributed by atoms with Crippen LogP contribution in [-0.4, -0.2) is 29.0 Å². The highest BCUT2D eigenvalue weighted by Crippen LogP contribution is 2.19. The SMILES string of the molecule is Cc1ccc2c(N(C)C)ncnc2n1. The largest absolute Gasteiger partial charge is 0.362 e. The number of hydrogen-bond acceptors (Lipinski definition) is 4. The third-order valence-electron chi connectivity index (χ3n) is 2.04. The smallest absolute Gasteiger partial charge is 0.164 e. The molecule has 0 fully saturated rings. The van der Waals surface area contributed by atoms with E-state index in [-0.39, 0.29) is 0 Å². The highest BCUT2D eigenvalue weighted by Gasteiger charge is 2.05. The molecule has 2 rings (SSSR count). The summed E-state index contributed by atoms with van der Waals surface area (Å²) in [5.74, 6) is 0.905. The quantitative estimate of drug-likeness (QED) is 0.678. The van der Waals surface area contributed by atoms with Gasteiger partial charge < -0.3 is 4.90 Å². The number of aryl methyl sites for hydroxylation is 1. The van der Waals surface area contributed by atoms with Crippen molar-refractivity contribution in [2.24, 2.45) is 0 Å². The summed E-state index contributed by atoms with van der Waals surface area (Å²) in [5, 5.41) is 0.989. The first-order valence-corrected chi connectivity index (χ1v) is 4.44. The molecule has 14 heavy (non-hydrogen) atoms. The molecule has 2 aromatic heterocycles. The van der Waals surface area contributed by atoms with Crippen LogP contribution >= 0.6 is 0 Å². The minimum atomic E-state index is 0.753. The third kappa shape index (κ3) is 1.39. The molecule has 4 nitrogen and oxygen atoms in total. The molecule has 0 aliphatic carbocycles. The number of hydrogen-bond donors (Lipinski definition) is 0. The molecule has 2 heterocycles. The van der Waals surface area contributed by atoms with Gasteiger partial charge in [0.25, 0.3) is 0 Å². The molecule has 4 heteroatoms. The van der Waals surface area contributed by atoms with Crippen molar-refractivity contribution in [3.63, 3.8) is 0 Å². The van der Waals surface area contributed by atoms with Gasteiger partial charge >= 0.3 is 0 Å². The van der Waals surface area contributed by atoms with Crippen LogP contribution in [0.15, 0.2) is 18.5 Å². The van der Waals surface area contributed by atoms with Crippen molar-refractivity contribution in [3.05, 3.63) is 24.2 Å². The Morgan fingerprint density at radius 3 is 2.64 bits per heavy atom. The summed E-state index contributed by atoms with van der Waals surface area (Å²) in [5.41, 5.74) is 1.73. The molecule has 0 bridgehead atoms. The molecule has 0 radical (unpaired) electrons. The first kappa shape index (κ1) is 8.87. The van der Waals surface area contributed by atoms with E-state index in [1.165, 1.54) is 0 Å². The van der Waals surface area contributed by atoms with Gasteiger partial charge in [-0.1, -0.05) is 0 Å². The van der Waals surface area contributed by atoms with E-state index in [4.69, 9.17) is 0 Å². The maximum absolute atomic E-state index is 4.34. The molecule has 0 amide bonds. The molecular formula is C10H12N4. The topological polar surface area (TPSA) is 41.9 Å². The van der Waals surface area contributed by atoms with Crippen LogP contribution < -0.4 is 4.90 Å². The standard InChI is InChI=1S/C10H12N4/c1-7-4-5-8-9(13-7)11-6-12-10(8)14(2)3/h4-6H,1-3H3. The van der Waals surface area contributed by atoms with Crippen LogP contribution in [0.3, 0.4) is 0 Å². The Balaban J connectivity index is 2.75. The van der Waals surface area contributed by atoms with Gasteiger partial charge in [0.1, 0.15) is 12.1 Å². The first-order valence-electron chi connectivity index (χ1n) is 4.44. The fourth-order valence-electron chi connectivity index (χ4n) is 1.38. The van der Waals surface area contributed by atoms with Gasteiger partial charge in [-0.3, -0.25) is 0 Å². The lowest BCUT2D eigenvalue weighted by Gasteiger charge is -2.12. The summed E-state index contributed by atoms with van der Waals surface area (Å²) in [6, 6.07) is 3.98. The second-order valence-electron chi connectivity index (χ2n) is 3.42. The highest BCUT2D eigenvalue weighted by molar-refractivity contribution is 5.86. The number of nitrogens with zero attached hydrogens (tertiary/aromatic N) is 4. The van der Waals surface area contributed by atoms with Gasteiger partial charge in [-0.25, -0.2) is 15.0 Å². The van der Waals surface area contributed by atoms with Gasteiger partial charge in [-0.2, -0.15) is 0 Å². The molecule has 0 saturated heterocycles. The molecule has 0 aromatic carbocycles. The average Bonchev–Trinajstić information content (AvgIpc) is 2.16. The van der Waals surface area contributed by atoms with Crippen molar-refractivity contribution in [1.29, 1.82) is 0 Å². The highest BCUT2D eigenvalue weighted by atomic mass is 15.1. The lowest BCUT2D eigenvalue weighted by molar-refractivity contribution is 1.05. The Bertz CT molecular complexity index is 465. The van der Waals surface area contributed by atoms with Crippen LogP contribution in [0.5, 0.6) is 0 Å². The fourth-order valence-corrected chi connectivity index (χ4v) is 1.38. The minimum absolute atomic E-state index is 0.753. The molecule has 0 N–H and O–H groups in total. The Kier molecular flexibility index (Phi) is 2.04. The molecule has 2 aromatic rings. The zero-order chi connectivity index (χ0) is 10.1. The van der Waals surface area contributed by atoms with Crippen LogP contribution in [0.4, 0.5) is 5.82 Å². The molecule has 0 unspecified atom stereocenters. The molecule has 0 saturated carbocycles. The van der Waals surface area contributed by atoms with E-state index in [2.05, 4.69) is 15.0 Å². The Labute approximate surface area is 82.6 Å². The number of fused-ring (bicyclic) bond motifs is 1. The van der Waals surface area contributed by atoms with Crippen molar-refractivity contribution >= 4 is 16.9 Å². The van der Waals surface area contributed by atoms with Crippen LogP contribution in [0, 0.1) is 6.92 Å². The molecule has 0 atom stereocenters. The van der Waals surface area contributed by atoms with Gasteiger partial charge in [0.05, 0.1) is 5.39 Å². The first-order chi connectivity index (χ1) is 6.68. The lowest BCUT2D eigenvalue weighted by atomic mass is 10.3. The maximum atomic E-state index is 4.34. The van der Waals surface area contributed by atoms with E-state index in [0.29, 0.717) is 0 Å². The summed E-state index contributed by atoms with van der Waals surface area (Å²) in [6.45, 7) is 1.96. The average molecular weight is 188 g/mol. The molecule has 0 aliphatic heterocycles. The summed E-state index contributed by atoms with van der Waals surface area (Å²) in [7, 11) is 3.92. The monoisotopic (exact) mass is 188 g/mol. The number of aromatic nitrogens is 3.